The van der Waals surface area contributed by atoms with E-state index in [-0.39, 0.29) is 14.0 Å². The fourth-order valence-electron chi connectivity index (χ4n) is 8.28. The Morgan fingerprint density at radius 2 is 0.635 bits per heavy atom. The van der Waals surface area contributed by atoms with Crippen molar-refractivity contribution in [3.8, 4) is 23.0 Å². The molecule has 0 spiro atoms. The Morgan fingerprint density at radius 3 is 1.04 bits per heavy atom. The molecular formula is C42H26B2Br2N4O2. The van der Waals surface area contributed by atoms with Crippen LogP contribution < -0.4 is 39.6 Å². The Labute approximate surface area is 318 Å². The van der Waals surface area contributed by atoms with Gasteiger partial charge < -0.3 is 28.7 Å². The van der Waals surface area contributed by atoms with Gasteiger partial charge in [-0.2, -0.15) is 0 Å². The van der Waals surface area contributed by atoms with Crippen LogP contribution in [0.15, 0.2) is 167 Å². The van der Waals surface area contributed by atoms with Crippen molar-refractivity contribution < 1.29 is 9.47 Å². The van der Waals surface area contributed by atoms with E-state index in [0.29, 0.717) is 0 Å². The lowest BCUT2D eigenvalue weighted by atomic mass is 9.64. The first-order valence-corrected chi connectivity index (χ1v) is 18.8. The lowest BCUT2D eigenvalue weighted by Crippen LogP contribution is -2.53. The number of ether oxygens (including phenoxy) is 2. The maximum Gasteiger partial charge on any atom is 0.424 e. The predicted molar refractivity (Wildman–Crippen MR) is 220 cm³/mol. The number of nitrogens with zero attached hydrogens (tertiary/aromatic N) is 4. The summed E-state index contributed by atoms with van der Waals surface area (Å²) in [5, 5.41) is 0. The molecule has 246 valence electrons. The summed E-state index contributed by atoms with van der Waals surface area (Å²) in [6.07, 6.45) is 0. The minimum atomic E-state index is -0.232. The molecule has 0 aliphatic carbocycles. The van der Waals surface area contributed by atoms with Crippen LogP contribution in [-0.2, 0) is 0 Å². The Kier molecular flexibility index (Phi) is 6.64. The van der Waals surface area contributed by atoms with Crippen LogP contribution in [0.5, 0.6) is 23.0 Å². The molecule has 52 heavy (non-hydrogen) atoms. The van der Waals surface area contributed by atoms with Crippen molar-refractivity contribution >= 4 is 102 Å². The number of para-hydroxylation sites is 8. The standard InChI is InChI=1S/C42H26B2Br2N4O2/c45-29-15-3-5-17-31(29)47-35-25-38-36(26-37(35)49-33-19-7-11-23-41(33)51-39-21-9-1-13-27(39)43(47)49)48(32-18-6-4-16-30(32)46)44-28-14-2-10-22-40(28)52-42-24-12-8-20-34(42)50(38)44/h1-26H. The highest BCUT2D eigenvalue weighted by atomic mass is 79.9. The van der Waals surface area contributed by atoms with Gasteiger partial charge in [-0.25, -0.2) is 0 Å². The van der Waals surface area contributed by atoms with Crippen molar-refractivity contribution in [1.29, 1.82) is 0 Å². The Balaban J connectivity index is 1.26. The zero-order chi connectivity index (χ0) is 34.5. The van der Waals surface area contributed by atoms with Gasteiger partial charge in [-0.15, -0.1) is 0 Å². The molecule has 0 atom stereocenters. The van der Waals surface area contributed by atoms with Crippen LogP contribution in [0.2, 0.25) is 0 Å². The quantitative estimate of drug-likeness (QED) is 0.162. The molecule has 0 N–H and O–H groups in total. The van der Waals surface area contributed by atoms with Crippen LogP contribution in [0.3, 0.4) is 0 Å². The highest BCUT2D eigenvalue weighted by molar-refractivity contribution is 9.11. The smallest absolute Gasteiger partial charge is 0.424 e. The Morgan fingerprint density at radius 1 is 0.327 bits per heavy atom. The van der Waals surface area contributed by atoms with Crippen LogP contribution in [0, 0.1) is 0 Å². The normalized spacial score (nSPS) is 14.4. The monoisotopic (exact) mass is 798 g/mol. The molecule has 4 aliphatic rings. The van der Waals surface area contributed by atoms with E-state index < -0.39 is 0 Å². The maximum atomic E-state index is 6.72. The topological polar surface area (TPSA) is 31.4 Å². The highest BCUT2D eigenvalue weighted by Gasteiger charge is 2.52. The molecule has 0 amide bonds. The molecule has 0 saturated carbocycles. The van der Waals surface area contributed by atoms with Crippen LogP contribution >= 0.6 is 31.9 Å². The molecule has 6 nitrogen and oxygen atoms in total. The van der Waals surface area contributed by atoms with Crippen molar-refractivity contribution in [2.45, 2.75) is 0 Å². The first-order chi connectivity index (χ1) is 25.7. The van der Waals surface area contributed by atoms with Gasteiger partial charge in [-0.05, 0) is 105 Å². The maximum absolute atomic E-state index is 6.72. The fourth-order valence-corrected chi connectivity index (χ4v) is 9.23. The number of anilines is 8. The zero-order valence-electron chi connectivity index (χ0n) is 27.5. The van der Waals surface area contributed by atoms with Gasteiger partial charge >= 0.3 is 14.0 Å². The van der Waals surface area contributed by atoms with E-state index in [2.05, 4.69) is 185 Å². The van der Waals surface area contributed by atoms with Gasteiger partial charge in [-0.3, -0.25) is 0 Å². The Bertz CT molecular complexity index is 2420. The van der Waals surface area contributed by atoms with E-state index in [1.165, 1.54) is 0 Å². The average molecular weight is 800 g/mol. The summed E-state index contributed by atoms with van der Waals surface area (Å²) in [4.78, 5) is 9.80. The second-order valence-corrected chi connectivity index (χ2v) is 14.9. The molecule has 0 saturated heterocycles. The Hall–Kier alpha value is -5.57. The average Bonchev–Trinajstić information content (AvgIpc) is 3.56. The third kappa shape index (κ3) is 4.25. The third-order valence-electron chi connectivity index (χ3n) is 10.4. The third-order valence-corrected chi connectivity index (χ3v) is 11.7. The van der Waals surface area contributed by atoms with Crippen molar-refractivity contribution in [2.24, 2.45) is 0 Å². The molecular weight excluding hydrogens is 774 g/mol. The van der Waals surface area contributed by atoms with Gasteiger partial charge in [-0.1, -0.05) is 84.9 Å². The highest BCUT2D eigenvalue weighted by Crippen LogP contribution is 2.59. The molecule has 0 aromatic heterocycles. The zero-order valence-corrected chi connectivity index (χ0v) is 30.7. The van der Waals surface area contributed by atoms with Gasteiger partial charge in [0.25, 0.3) is 0 Å². The minimum absolute atomic E-state index is 0.232. The first kappa shape index (κ1) is 30.1. The number of hydrogen-bond acceptors (Lipinski definition) is 6. The van der Waals surface area contributed by atoms with Crippen LogP contribution in [-0.4, -0.2) is 14.0 Å². The van der Waals surface area contributed by atoms with Crippen molar-refractivity contribution in [3.05, 3.63) is 167 Å². The second-order valence-electron chi connectivity index (χ2n) is 13.2. The molecule has 4 heterocycles. The van der Waals surface area contributed by atoms with E-state index in [1.54, 1.807) is 0 Å². The van der Waals surface area contributed by atoms with Crippen molar-refractivity contribution in [2.75, 3.05) is 19.2 Å². The fraction of sp³-hybridized carbons (Fsp3) is 0. The molecule has 10 heteroatoms. The molecule has 0 bridgehead atoms. The van der Waals surface area contributed by atoms with Crippen LogP contribution in [0.1, 0.15) is 0 Å². The molecule has 7 aromatic carbocycles. The van der Waals surface area contributed by atoms with Gasteiger partial charge in [0.05, 0.1) is 34.1 Å². The van der Waals surface area contributed by atoms with Gasteiger partial charge in [0.1, 0.15) is 23.0 Å². The van der Waals surface area contributed by atoms with E-state index >= 15 is 0 Å². The summed E-state index contributed by atoms with van der Waals surface area (Å²) in [5.74, 6) is 3.30. The van der Waals surface area contributed by atoms with E-state index in [1.807, 2.05) is 24.3 Å². The summed E-state index contributed by atoms with van der Waals surface area (Å²) in [6, 6.07) is 55.2. The van der Waals surface area contributed by atoms with Crippen molar-refractivity contribution in [3.63, 3.8) is 0 Å². The lowest BCUT2D eigenvalue weighted by molar-refractivity contribution is 0.489. The van der Waals surface area contributed by atoms with E-state index in [4.69, 9.17) is 9.47 Å². The van der Waals surface area contributed by atoms with E-state index in [9.17, 15) is 0 Å². The van der Waals surface area contributed by atoms with Gasteiger partial charge in [0.15, 0.2) is 0 Å². The van der Waals surface area contributed by atoms with Crippen LogP contribution in [0.25, 0.3) is 0 Å². The van der Waals surface area contributed by atoms with Gasteiger partial charge in [0, 0.05) is 31.2 Å². The first-order valence-electron chi connectivity index (χ1n) is 17.2. The SMILES string of the molecule is Brc1ccccc1N1B2c3ccccc3Oc3ccccc3N2c2cc3c(cc21)N1B(c2ccccc2Oc2ccccc21)N3c1ccccc1Br. The molecule has 7 aromatic rings. The predicted octanol–water partition coefficient (Wildman–Crippen LogP) is 10.8. The van der Waals surface area contributed by atoms with E-state index in [0.717, 1.165) is 88.4 Å². The van der Waals surface area contributed by atoms with Crippen molar-refractivity contribution in [1.82, 2.24) is 0 Å². The minimum Gasteiger partial charge on any atom is -0.456 e. The second kappa shape index (κ2) is 11.5. The molecule has 0 fully saturated rings. The molecule has 0 unspecified atom stereocenters. The largest absolute Gasteiger partial charge is 0.456 e. The molecule has 11 rings (SSSR count). The van der Waals surface area contributed by atoms with Crippen LogP contribution in [0.4, 0.5) is 45.5 Å². The number of fused-ring (bicyclic) bond motifs is 14. The summed E-state index contributed by atoms with van der Waals surface area (Å²) in [7, 11) is 0. The number of rotatable bonds is 2. The lowest BCUT2D eigenvalue weighted by Gasteiger charge is -2.30. The summed E-state index contributed by atoms with van der Waals surface area (Å²) in [5.41, 5.74) is 10.6. The molecule has 4 aliphatic heterocycles. The number of halogens is 2. The van der Waals surface area contributed by atoms with Gasteiger partial charge in [0.2, 0.25) is 0 Å². The number of benzene rings is 7. The summed E-state index contributed by atoms with van der Waals surface area (Å²) < 4.78 is 15.5. The summed E-state index contributed by atoms with van der Waals surface area (Å²) in [6.45, 7) is -0.464. The molecule has 0 radical (unpaired) electrons. The number of hydrogen-bond donors (Lipinski definition) is 0. The summed E-state index contributed by atoms with van der Waals surface area (Å²) >= 11 is 7.90.